The third-order valence-corrected chi connectivity index (χ3v) is 3.22. The van der Waals surface area contributed by atoms with Crippen LogP contribution in [0.2, 0.25) is 0 Å². The van der Waals surface area contributed by atoms with Crippen LogP contribution < -0.4 is 0 Å². The van der Waals surface area contributed by atoms with Crippen molar-refractivity contribution in [3.63, 3.8) is 0 Å². The number of unbranched alkanes of at least 4 members (excludes halogenated alkanes) is 3. The van der Waals surface area contributed by atoms with Gasteiger partial charge >= 0.3 is 0 Å². The Bertz CT molecular complexity index is 298. The van der Waals surface area contributed by atoms with Gasteiger partial charge in [0.05, 0.1) is 0 Å². The summed E-state index contributed by atoms with van der Waals surface area (Å²) in [6.45, 7) is 0.238. The highest BCUT2D eigenvalue weighted by atomic mass is 32.2. The lowest BCUT2D eigenvalue weighted by Crippen LogP contribution is -1.86. The van der Waals surface area contributed by atoms with Crippen molar-refractivity contribution in [2.45, 2.75) is 30.6 Å². The molecule has 0 saturated carbocycles. The van der Waals surface area contributed by atoms with Crippen molar-refractivity contribution in [2.75, 3.05) is 12.4 Å². The number of hydrogen-bond acceptors (Lipinski definition) is 2. The van der Waals surface area contributed by atoms with Crippen LogP contribution >= 0.6 is 11.8 Å². The number of aliphatic hydroxyl groups excluding tert-OH is 1. The van der Waals surface area contributed by atoms with Crippen LogP contribution in [0.3, 0.4) is 0 Å². The summed E-state index contributed by atoms with van der Waals surface area (Å²) in [4.78, 5) is 0.639. The Morgan fingerprint density at radius 2 is 1.56 bits per heavy atom. The molecular formula is C12H16F2OS. The van der Waals surface area contributed by atoms with Crippen molar-refractivity contribution in [1.82, 2.24) is 0 Å². The molecule has 1 aromatic rings. The Hall–Kier alpha value is -0.610. The van der Waals surface area contributed by atoms with Crippen molar-refractivity contribution in [3.05, 3.63) is 29.8 Å². The molecule has 90 valence electrons. The first-order chi connectivity index (χ1) is 7.72. The second-order valence-electron chi connectivity index (χ2n) is 3.59. The molecule has 0 aliphatic carbocycles. The highest BCUT2D eigenvalue weighted by Gasteiger charge is 2.00. The number of aliphatic hydroxyl groups is 1. The van der Waals surface area contributed by atoms with Crippen LogP contribution in [0.4, 0.5) is 8.78 Å². The molecule has 0 radical (unpaired) electrons. The maximum atomic E-state index is 12.8. The second kappa shape index (κ2) is 7.63. The maximum Gasteiger partial charge on any atom is 0.127 e. The quantitative estimate of drug-likeness (QED) is 0.586. The van der Waals surface area contributed by atoms with E-state index in [2.05, 4.69) is 0 Å². The summed E-state index contributed by atoms with van der Waals surface area (Å²) in [6, 6.07) is 3.58. The van der Waals surface area contributed by atoms with E-state index in [0.29, 0.717) is 4.90 Å². The fraction of sp³-hybridized carbons (Fsp3) is 0.500. The predicted octanol–water partition coefficient (Wildman–Crippen LogP) is 3.61. The zero-order chi connectivity index (χ0) is 11.8. The summed E-state index contributed by atoms with van der Waals surface area (Å²) >= 11 is 1.46. The molecule has 0 aliphatic rings. The van der Waals surface area contributed by atoms with E-state index in [1.807, 2.05) is 0 Å². The predicted molar refractivity (Wildman–Crippen MR) is 62.6 cm³/mol. The lowest BCUT2D eigenvalue weighted by atomic mass is 10.2. The summed E-state index contributed by atoms with van der Waals surface area (Å²) in [5.74, 6) is -0.195. The summed E-state index contributed by atoms with van der Waals surface area (Å²) in [5.41, 5.74) is 0. The van der Waals surface area contributed by atoms with Crippen molar-refractivity contribution < 1.29 is 13.9 Å². The molecule has 0 aliphatic heterocycles. The fourth-order valence-corrected chi connectivity index (χ4v) is 2.35. The number of halogens is 2. The fourth-order valence-electron chi connectivity index (χ4n) is 1.37. The summed E-state index contributed by atoms with van der Waals surface area (Å²) in [7, 11) is 0. The molecule has 0 bridgehead atoms. The largest absolute Gasteiger partial charge is 0.396 e. The van der Waals surface area contributed by atoms with Crippen LogP contribution in [0.25, 0.3) is 0 Å². The van der Waals surface area contributed by atoms with E-state index in [1.165, 1.54) is 23.9 Å². The molecule has 1 N–H and O–H groups in total. The molecule has 0 amide bonds. The van der Waals surface area contributed by atoms with Gasteiger partial charge in [-0.15, -0.1) is 11.8 Å². The molecule has 0 heterocycles. The molecule has 0 unspecified atom stereocenters. The highest BCUT2D eigenvalue weighted by molar-refractivity contribution is 7.99. The standard InChI is InChI=1S/C12H16F2OS/c13-10-7-11(14)9-12(8-10)16-6-4-2-1-3-5-15/h7-9,15H,1-6H2. The van der Waals surface area contributed by atoms with Crippen molar-refractivity contribution in [3.8, 4) is 0 Å². The van der Waals surface area contributed by atoms with Gasteiger partial charge in [0, 0.05) is 17.6 Å². The van der Waals surface area contributed by atoms with Crippen LogP contribution in [0.5, 0.6) is 0 Å². The Morgan fingerprint density at radius 3 is 2.19 bits per heavy atom. The number of benzene rings is 1. The van der Waals surface area contributed by atoms with Gasteiger partial charge in [0.2, 0.25) is 0 Å². The van der Waals surface area contributed by atoms with Gasteiger partial charge in [-0.3, -0.25) is 0 Å². The van der Waals surface area contributed by atoms with E-state index in [1.54, 1.807) is 0 Å². The molecular weight excluding hydrogens is 230 g/mol. The van der Waals surface area contributed by atoms with Gasteiger partial charge in [0.15, 0.2) is 0 Å². The summed E-state index contributed by atoms with van der Waals surface area (Å²) in [5, 5.41) is 8.57. The minimum absolute atomic E-state index is 0.238. The molecule has 0 fully saturated rings. The van der Waals surface area contributed by atoms with E-state index in [0.717, 1.165) is 37.5 Å². The highest BCUT2D eigenvalue weighted by Crippen LogP contribution is 2.21. The maximum absolute atomic E-state index is 12.8. The van der Waals surface area contributed by atoms with Crippen LogP contribution in [0.1, 0.15) is 25.7 Å². The third-order valence-electron chi connectivity index (χ3n) is 2.16. The molecule has 16 heavy (non-hydrogen) atoms. The van der Waals surface area contributed by atoms with E-state index in [4.69, 9.17) is 5.11 Å². The Labute approximate surface area is 98.9 Å². The van der Waals surface area contributed by atoms with Crippen LogP contribution in [0, 0.1) is 11.6 Å². The van der Waals surface area contributed by atoms with Gasteiger partial charge in [0.25, 0.3) is 0 Å². The molecule has 1 aromatic carbocycles. The zero-order valence-electron chi connectivity index (χ0n) is 9.09. The average molecular weight is 246 g/mol. The van der Waals surface area contributed by atoms with E-state index in [9.17, 15) is 8.78 Å². The Balaban J connectivity index is 2.21. The van der Waals surface area contributed by atoms with Gasteiger partial charge in [0.1, 0.15) is 11.6 Å². The first-order valence-corrected chi connectivity index (χ1v) is 6.40. The topological polar surface area (TPSA) is 20.2 Å². The molecule has 0 saturated heterocycles. The first kappa shape index (κ1) is 13.5. The SMILES string of the molecule is OCCCCCCSc1cc(F)cc(F)c1. The van der Waals surface area contributed by atoms with E-state index < -0.39 is 11.6 Å². The van der Waals surface area contributed by atoms with Crippen LogP contribution in [0.15, 0.2) is 23.1 Å². The molecule has 1 rings (SSSR count). The van der Waals surface area contributed by atoms with Gasteiger partial charge < -0.3 is 5.11 Å². The average Bonchev–Trinajstić information content (AvgIpc) is 2.22. The monoisotopic (exact) mass is 246 g/mol. The van der Waals surface area contributed by atoms with Gasteiger partial charge in [-0.1, -0.05) is 12.8 Å². The number of hydrogen-bond donors (Lipinski definition) is 1. The second-order valence-corrected chi connectivity index (χ2v) is 4.76. The van der Waals surface area contributed by atoms with Crippen molar-refractivity contribution >= 4 is 11.8 Å². The molecule has 0 atom stereocenters. The van der Waals surface area contributed by atoms with E-state index >= 15 is 0 Å². The molecule has 1 nitrogen and oxygen atoms in total. The lowest BCUT2D eigenvalue weighted by Gasteiger charge is -2.02. The first-order valence-electron chi connectivity index (χ1n) is 5.42. The minimum Gasteiger partial charge on any atom is -0.396 e. The molecule has 4 heteroatoms. The lowest BCUT2D eigenvalue weighted by molar-refractivity contribution is 0.283. The van der Waals surface area contributed by atoms with Crippen LogP contribution in [-0.4, -0.2) is 17.5 Å². The van der Waals surface area contributed by atoms with E-state index in [-0.39, 0.29) is 6.61 Å². The van der Waals surface area contributed by atoms with Gasteiger partial charge in [-0.05, 0) is 30.7 Å². The minimum atomic E-state index is -0.525. The zero-order valence-corrected chi connectivity index (χ0v) is 9.90. The Morgan fingerprint density at radius 1 is 0.938 bits per heavy atom. The molecule has 0 aromatic heterocycles. The normalized spacial score (nSPS) is 10.7. The molecule has 0 spiro atoms. The van der Waals surface area contributed by atoms with Crippen molar-refractivity contribution in [2.24, 2.45) is 0 Å². The van der Waals surface area contributed by atoms with Crippen molar-refractivity contribution in [1.29, 1.82) is 0 Å². The van der Waals surface area contributed by atoms with Crippen LogP contribution in [-0.2, 0) is 0 Å². The Kier molecular flexibility index (Phi) is 6.42. The number of rotatable bonds is 7. The van der Waals surface area contributed by atoms with Gasteiger partial charge in [-0.2, -0.15) is 0 Å². The number of thioether (sulfide) groups is 1. The third kappa shape index (κ3) is 5.47. The smallest absolute Gasteiger partial charge is 0.127 e. The summed E-state index contributed by atoms with van der Waals surface area (Å²) in [6.07, 6.45) is 3.89. The van der Waals surface area contributed by atoms with Gasteiger partial charge in [-0.25, -0.2) is 8.78 Å². The summed E-state index contributed by atoms with van der Waals surface area (Å²) < 4.78 is 25.6.